The molecule has 2 aromatic carbocycles. The van der Waals surface area contributed by atoms with E-state index in [9.17, 15) is 9.59 Å². The zero-order valence-corrected chi connectivity index (χ0v) is 19.6. The molecule has 0 heterocycles. The molecule has 0 spiro atoms. The lowest BCUT2D eigenvalue weighted by molar-refractivity contribution is -0.140. The number of nitrogens with one attached hydrogen (secondary N) is 1. The molecule has 0 aliphatic rings. The van der Waals surface area contributed by atoms with Crippen LogP contribution < -0.4 is 5.32 Å². The number of thioether (sulfide) groups is 1. The average molecular weight is 477 g/mol. The van der Waals surface area contributed by atoms with E-state index in [4.69, 9.17) is 0 Å². The molecular formula is C23H29BrN2O2S. The minimum absolute atomic E-state index is 0.0106. The molecule has 0 saturated carbocycles. The van der Waals surface area contributed by atoms with Crippen LogP contribution in [0.1, 0.15) is 32.8 Å². The van der Waals surface area contributed by atoms with Crippen LogP contribution >= 0.6 is 27.7 Å². The zero-order chi connectivity index (χ0) is 21.2. The van der Waals surface area contributed by atoms with Gasteiger partial charge < -0.3 is 10.2 Å². The molecule has 2 amide bonds. The molecule has 0 saturated heterocycles. The molecule has 0 fully saturated rings. The smallest absolute Gasteiger partial charge is 0.242 e. The van der Waals surface area contributed by atoms with Gasteiger partial charge in [-0.1, -0.05) is 60.1 Å². The summed E-state index contributed by atoms with van der Waals surface area (Å²) in [7, 11) is 0. The van der Waals surface area contributed by atoms with E-state index in [2.05, 4.69) is 35.1 Å². The van der Waals surface area contributed by atoms with Crippen molar-refractivity contribution in [3.8, 4) is 0 Å². The summed E-state index contributed by atoms with van der Waals surface area (Å²) in [5.41, 5.74) is 1.00. The van der Waals surface area contributed by atoms with Crippen LogP contribution in [-0.4, -0.2) is 35.1 Å². The van der Waals surface area contributed by atoms with Crippen LogP contribution in [0.5, 0.6) is 0 Å². The highest BCUT2D eigenvalue weighted by molar-refractivity contribution is 9.10. The molecule has 1 atom stereocenters. The zero-order valence-electron chi connectivity index (χ0n) is 17.2. The third-order valence-electron chi connectivity index (χ3n) is 4.45. The van der Waals surface area contributed by atoms with E-state index in [1.165, 1.54) is 0 Å². The van der Waals surface area contributed by atoms with Crippen LogP contribution in [0.4, 0.5) is 0 Å². The summed E-state index contributed by atoms with van der Waals surface area (Å²) in [5, 5.41) is 2.95. The third-order valence-corrected chi connectivity index (χ3v) is 5.99. The van der Waals surface area contributed by atoms with Crippen molar-refractivity contribution in [3.63, 3.8) is 0 Å². The number of hydrogen-bond acceptors (Lipinski definition) is 3. The van der Waals surface area contributed by atoms with Crippen molar-refractivity contribution in [1.29, 1.82) is 0 Å². The molecule has 29 heavy (non-hydrogen) atoms. The highest BCUT2D eigenvalue weighted by Crippen LogP contribution is 2.20. The maximum atomic E-state index is 13.0. The van der Waals surface area contributed by atoms with Gasteiger partial charge in [0.05, 0.1) is 0 Å². The van der Waals surface area contributed by atoms with Gasteiger partial charge >= 0.3 is 0 Å². The molecule has 2 rings (SSSR count). The Morgan fingerprint density at radius 2 is 1.69 bits per heavy atom. The number of hydrogen-bond donors (Lipinski definition) is 1. The number of rotatable bonds is 10. The van der Waals surface area contributed by atoms with E-state index < -0.39 is 6.04 Å². The van der Waals surface area contributed by atoms with Gasteiger partial charge in [0.1, 0.15) is 6.04 Å². The molecule has 0 aromatic heterocycles. The lowest BCUT2D eigenvalue weighted by Crippen LogP contribution is -2.48. The molecule has 0 unspecified atom stereocenters. The topological polar surface area (TPSA) is 49.4 Å². The van der Waals surface area contributed by atoms with E-state index in [0.29, 0.717) is 31.2 Å². The maximum Gasteiger partial charge on any atom is 0.242 e. The lowest BCUT2D eigenvalue weighted by atomic mass is 10.1. The summed E-state index contributed by atoms with van der Waals surface area (Å²) < 4.78 is 0.987. The van der Waals surface area contributed by atoms with Crippen molar-refractivity contribution in [2.45, 2.75) is 44.7 Å². The fraction of sp³-hybridized carbons (Fsp3) is 0.391. The summed E-state index contributed by atoms with van der Waals surface area (Å²) in [5.74, 6) is 0.924. The predicted octanol–water partition coefficient (Wildman–Crippen LogP) is 5.12. The van der Waals surface area contributed by atoms with Gasteiger partial charge in [-0.25, -0.2) is 0 Å². The van der Waals surface area contributed by atoms with Crippen molar-refractivity contribution >= 4 is 39.5 Å². The predicted molar refractivity (Wildman–Crippen MR) is 124 cm³/mol. The molecule has 0 radical (unpaired) electrons. The van der Waals surface area contributed by atoms with Gasteiger partial charge in [-0.15, -0.1) is 11.8 Å². The van der Waals surface area contributed by atoms with E-state index >= 15 is 0 Å². The van der Waals surface area contributed by atoms with Gasteiger partial charge in [0.15, 0.2) is 0 Å². The van der Waals surface area contributed by atoms with Crippen molar-refractivity contribution in [3.05, 3.63) is 64.6 Å². The Kier molecular flexibility index (Phi) is 9.74. The van der Waals surface area contributed by atoms with Crippen LogP contribution in [-0.2, 0) is 16.1 Å². The first kappa shape index (κ1) is 23.5. The van der Waals surface area contributed by atoms with Crippen LogP contribution in [0.25, 0.3) is 0 Å². The normalized spacial score (nSPS) is 11.9. The number of carbonyl (C=O) groups excluding carboxylic acids is 2. The Balaban J connectivity index is 2.04. The minimum atomic E-state index is -0.522. The second-order valence-corrected chi connectivity index (χ2v) is 9.46. The highest BCUT2D eigenvalue weighted by Gasteiger charge is 2.25. The summed E-state index contributed by atoms with van der Waals surface area (Å²) in [6.45, 7) is 6.93. The standard InChI is InChI=1S/C23H29BrN2O2S/c1-17(2)15-25-23(28)18(3)26(16-19-9-11-20(24)12-10-19)22(27)13-14-29-21-7-5-4-6-8-21/h4-12,17-18H,13-16H2,1-3H3,(H,25,28)/t18-/m1/s1. The fourth-order valence-corrected chi connectivity index (χ4v) is 3.86. The largest absolute Gasteiger partial charge is 0.354 e. The van der Waals surface area contributed by atoms with E-state index in [-0.39, 0.29) is 11.8 Å². The number of halogens is 1. The fourth-order valence-electron chi connectivity index (χ4n) is 2.74. The van der Waals surface area contributed by atoms with Crippen LogP contribution in [0.2, 0.25) is 0 Å². The first-order valence-corrected chi connectivity index (χ1v) is 11.6. The lowest BCUT2D eigenvalue weighted by Gasteiger charge is -2.29. The third kappa shape index (κ3) is 8.23. The van der Waals surface area contributed by atoms with Gasteiger partial charge in [-0.3, -0.25) is 9.59 Å². The monoisotopic (exact) mass is 476 g/mol. The number of amides is 2. The van der Waals surface area contributed by atoms with Gasteiger partial charge in [-0.2, -0.15) is 0 Å². The Hall–Kier alpha value is -1.79. The van der Waals surface area contributed by atoms with Crippen molar-refractivity contribution < 1.29 is 9.59 Å². The SMILES string of the molecule is CC(C)CNC(=O)[C@@H](C)N(Cc1ccc(Br)cc1)C(=O)CCSc1ccccc1. The highest BCUT2D eigenvalue weighted by atomic mass is 79.9. The van der Waals surface area contributed by atoms with E-state index in [0.717, 1.165) is 14.9 Å². The Labute approximate surface area is 186 Å². The molecule has 4 nitrogen and oxygen atoms in total. The molecule has 6 heteroatoms. The van der Waals surface area contributed by atoms with Gasteiger partial charge in [0.25, 0.3) is 0 Å². The van der Waals surface area contributed by atoms with Crippen molar-refractivity contribution in [1.82, 2.24) is 10.2 Å². The molecule has 1 N–H and O–H groups in total. The molecular weight excluding hydrogens is 448 g/mol. The minimum Gasteiger partial charge on any atom is -0.354 e. The molecule has 0 bridgehead atoms. The number of nitrogens with zero attached hydrogens (tertiary/aromatic N) is 1. The average Bonchev–Trinajstić information content (AvgIpc) is 2.71. The summed E-state index contributed by atoms with van der Waals surface area (Å²) in [6.07, 6.45) is 0.387. The van der Waals surface area contributed by atoms with Gasteiger partial charge in [-0.05, 0) is 42.7 Å². The Morgan fingerprint density at radius 1 is 1.03 bits per heavy atom. The molecule has 2 aromatic rings. The maximum absolute atomic E-state index is 13.0. The van der Waals surface area contributed by atoms with Crippen molar-refractivity contribution in [2.75, 3.05) is 12.3 Å². The van der Waals surface area contributed by atoms with Crippen LogP contribution in [0.3, 0.4) is 0 Å². The van der Waals surface area contributed by atoms with E-state index in [1.807, 2.05) is 54.6 Å². The summed E-state index contributed by atoms with van der Waals surface area (Å²) >= 11 is 5.09. The van der Waals surface area contributed by atoms with Gasteiger partial charge in [0.2, 0.25) is 11.8 Å². The summed E-state index contributed by atoms with van der Waals surface area (Å²) in [6, 6.07) is 17.4. The van der Waals surface area contributed by atoms with Gasteiger partial charge in [0, 0.05) is 34.6 Å². The van der Waals surface area contributed by atoms with Crippen molar-refractivity contribution in [2.24, 2.45) is 5.92 Å². The number of benzene rings is 2. The number of carbonyl (C=O) groups is 2. The van der Waals surface area contributed by atoms with Crippen LogP contribution in [0, 0.1) is 5.92 Å². The first-order valence-electron chi connectivity index (χ1n) is 9.86. The molecule has 0 aliphatic carbocycles. The summed E-state index contributed by atoms with van der Waals surface area (Å²) in [4.78, 5) is 28.5. The quantitative estimate of drug-likeness (QED) is 0.484. The van der Waals surface area contributed by atoms with E-state index in [1.54, 1.807) is 23.6 Å². The second kappa shape index (κ2) is 12.0. The molecule has 156 valence electrons. The first-order chi connectivity index (χ1) is 13.9. The molecule has 0 aliphatic heterocycles. The second-order valence-electron chi connectivity index (χ2n) is 7.37. The van der Waals surface area contributed by atoms with Crippen LogP contribution in [0.15, 0.2) is 64.0 Å². The Bertz CT molecular complexity index is 781. The Morgan fingerprint density at radius 3 is 2.31 bits per heavy atom.